The van der Waals surface area contributed by atoms with Gasteiger partial charge in [0.05, 0.1) is 0 Å². The molecule has 0 aliphatic carbocycles. The van der Waals surface area contributed by atoms with Gasteiger partial charge < -0.3 is 10.6 Å². The van der Waals surface area contributed by atoms with Crippen LogP contribution in [0.1, 0.15) is 38.3 Å². The molecular weight excluding hydrogens is 246 g/mol. The fraction of sp³-hybridized carbons (Fsp3) is 0.353. The van der Waals surface area contributed by atoms with Gasteiger partial charge >= 0.3 is 0 Å². The maximum atomic E-state index is 6.09. The lowest BCUT2D eigenvalue weighted by molar-refractivity contribution is 0.758. The molecule has 3 heteroatoms. The molecule has 1 aromatic heterocycles. The third-order valence-corrected chi connectivity index (χ3v) is 3.37. The van der Waals surface area contributed by atoms with E-state index in [9.17, 15) is 0 Å². The van der Waals surface area contributed by atoms with Gasteiger partial charge in [-0.3, -0.25) is 0 Å². The van der Waals surface area contributed by atoms with E-state index >= 15 is 0 Å². The summed E-state index contributed by atoms with van der Waals surface area (Å²) in [5.41, 5.74) is 8.35. The number of nitrogens with two attached hydrogens (primary N) is 1. The van der Waals surface area contributed by atoms with E-state index in [1.807, 2.05) is 25.3 Å². The molecule has 0 fully saturated rings. The van der Waals surface area contributed by atoms with Gasteiger partial charge in [-0.15, -0.1) is 0 Å². The molecule has 20 heavy (non-hydrogen) atoms. The number of anilines is 2. The fourth-order valence-corrected chi connectivity index (χ4v) is 2.27. The highest BCUT2D eigenvalue weighted by molar-refractivity contribution is 5.63. The van der Waals surface area contributed by atoms with Gasteiger partial charge in [0, 0.05) is 30.0 Å². The molecule has 0 amide bonds. The second kappa shape index (κ2) is 7.06. The second-order valence-corrected chi connectivity index (χ2v) is 5.05. The van der Waals surface area contributed by atoms with E-state index in [0.717, 1.165) is 30.8 Å². The summed E-state index contributed by atoms with van der Waals surface area (Å²) in [6.07, 6.45) is 4.12. The zero-order chi connectivity index (χ0) is 14.4. The van der Waals surface area contributed by atoms with E-state index in [2.05, 4.69) is 47.1 Å². The van der Waals surface area contributed by atoms with Gasteiger partial charge in [-0.2, -0.15) is 0 Å². The van der Waals surface area contributed by atoms with Crippen LogP contribution in [0.25, 0.3) is 0 Å². The van der Waals surface area contributed by atoms with Crippen LogP contribution in [0.15, 0.2) is 48.7 Å². The highest BCUT2D eigenvalue weighted by atomic mass is 15.2. The molecule has 0 spiro atoms. The number of aromatic nitrogens is 1. The zero-order valence-electron chi connectivity index (χ0n) is 12.3. The van der Waals surface area contributed by atoms with Crippen LogP contribution in [0.3, 0.4) is 0 Å². The van der Waals surface area contributed by atoms with Gasteiger partial charge in [0.15, 0.2) is 0 Å². The Morgan fingerprint density at radius 2 is 1.90 bits per heavy atom. The third-order valence-electron chi connectivity index (χ3n) is 3.37. The van der Waals surface area contributed by atoms with E-state index in [0.29, 0.717) is 0 Å². The fourth-order valence-electron chi connectivity index (χ4n) is 2.27. The summed E-state index contributed by atoms with van der Waals surface area (Å²) in [5, 5.41) is 0. The Balaban J connectivity index is 2.41. The highest BCUT2D eigenvalue weighted by Crippen LogP contribution is 2.29. The van der Waals surface area contributed by atoms with Crippen LogP contribution in [0.4, 0.5) is 11.5 Å². The Bertz CT molecular complexity index is 523. The van der Waals surface area contributed by atoms with Gasteiger partial charge in [0.2, 0.25) is 0 Å². The van der Waals surface area contributed by atoms with E-state index in [1.165, 1.54) is 5.69 Å². The van der Waals surface area contributed by atoms with Gasteiger partial charge in [0.25, 0.3) is 0 Å². The molecule has 1 aromatic carbocycles. The maximum Gasteiger partial charge on any atom is 0.137 e. The lowest BCUT2D eigenvalue weighted by atomic mass is 10.1. The smallest absolute Gasteiger partial charge is 0.137 e. The molecule has 106 valence electrons. The molecule has 2 N–H and O–H groups in total. The third kappa shape index (κ3) is 3.36. The number of unbranched alkanes of at least 4 members (excludes halogenated alkanes) is 1. The number of hydrogen-bond acceptors (Lipinski definition) is 3. The average molecular weight is 269 g/mol. The molecular formula is C17H23N3. The molecule has 0 aliphatic heterocycles. The Labute approximate surface area is 121 Å². The monoisotopic (exact) mass is 269 g/mol. The minimum absolute atomic E-state index is 0.0217. The van der Waals surface area contributed by atoms with Crippen molar-refractivity contribution >= 4 is 11.5 Å². The molecule has 2 rings (SSSR count). The van der Waals surface area contributed by atoms with E-state index in [4.69, 9.17) is 5.73 Å². The first-order valence-corrected chi connectivity index (χ1v) is 7.27. The minimum Gasteiger partial charge on any atom is -0.326 e. The molecule has 0 aliphatic rings. The quantitative estimate of drug-likeness (QED) is 0.860. The number of nitrogens with zero attached hydrogens (tertiary/aromatic N) is 2. The first kappa shape index (κ1) is 14.5. The van der Waals surface area contributed by atoms with Crippen molar-refractivity contribution in [3.63, 3.8) is 0 Å². The molecule has 3 nitrogen and oxygen atoms in total. The molecule has 0 saturated heterocycles. The second-order valence-electron chi connectivity index (χ2n) is 5.05. The van der Waals surface area contributed by atoms with Crippen LogP contribution >= 0.6 is 0 Å². The van der Waals surface area contributed by atoms with Gasteiger partial charge in [-0.05, 0) is 31.5 Å². The molecule has 2 aromatic rings. The lowest BCUT2D eigenvalue weighted by Gasteiger charge is -2.27. The Hall–Kier alpha value is -1.87. The first-order chi connectivity index (χ1) is 9.74. The van der Waals surface area contributed by atoms with Crippen molar-refractivity contribution < 1.29 is 0 Å². The molecule has 0 unspecified atom stereocenters. The Morgan fingerprint density at radius 1 is 1.15 bits per heavy atom. The predicted molar refractivity (Wildman–Crippen MR) is 85.2 cm³/mol. The van der Waals surface area contributed by atoms with E-state index < -0.39 is 0 Å². The SMILES string of the molecule is CCCCN(c1ccccc1)c1ncccc1[C@H](C)N. The highest BCUT2D eigenvalue weighted by Gasteiger charge is 2.16. The summed E-state index contributed by atoms with van der Waals surface area (Å²) >= 11 is 0. The lowest BCUT2D eigenvalue weighted by Crippen LogP contribution is -2.22. The Morgan fingerprint density at radius 3 is 2.55 bits per heavy atom. The molecule has 0 saturated carbocycles. The zero-order valence-corrected chi connectivity index (χ0v) is 12.3. The number of rotatable bonds is 6. The first-order valence-electron chi connectivity index (χ1n) is 7.27. The maximum absolute atomic E-state index is 6.09. The van der Waals surface area contributed by atoms with Crippen molar-refractivity contribution in [2.75, 3.05) is 11.4 Å². The molecule has 1 atom stereocenters. The van der Waals surface area contributed by atoms with Crippen molar-refractivity contribution in [3.05, 3.63) is 54.2 Å². The topological polar surface area (TPSA) is 42.2 Å². The summed E-state index contributed by atoms with van der Waals surface area (Å²) in [6.45, 7) is 5.16. The number of hydrogen-bond donors (Lipinski definition) is 1. The summed E-state index contributed by atoms with van der Waals surface area (Å²) in [7, 11) is 0. The number of pyridine rings is 1. The Kier molecular flexibility index (Phi) is 5.13. The van der Waals surface area contributed by atoms with Crippen molar-refractivity contribution in [1.29, 1.82) is 0 Å². The van der Waals surface area contributed by atoms with Gasteiger partial charge in [0.1, 0.15) is 5.82 Å². The van der Waals surface area contributed by atoms with E-state index in [-0.39, 0.29) is 6.04 Å². The van der Waals surface area contributed by atoms with E-state index in [1.54, 1.807) is 0 Å². The van der Waals surface area contributed by atoms with Crippen molar-refractivity contribution in [2.45, 2.75) is 32.7 Å². The van der Waals surface area contributed by atoms with Crippen LogP contribution < -0.4 is 10.6 Å². The standard InChI is InChI=1S/C17H23N3/c1-3-4-13-20(15-9-6-5-7-10-15)17-16(14(2)18)11-8-12-19-17/h5-12,14H,3-4,13,18H2,1-2H3/t14-/m0/s1. The van der Waals surface area contributed by atoms with Gasteiger partial charge in [-0.1, -0.05) is 37.6 Å². The predicted octanol–water partition coefficient (Wildman–Crippen LogP) is 4.04. The molecule has 0 bridgehead atoms. The van der Waals surface area contributed by atoms with Gasteiger partial charge in [-0.25, -0.2) is 4.98 Å². The number of benzene rings is 1. The van der Waals surface area contributed by atoms with Crippen molar-refractivity contribution in [2.24, 2.45) is 5.73 Å². The normalized spacial score (nSPS) is 12.2. The summed E-state index contributed by atoms with van der Waals surface area (Å²) in [4.78, 5) is 6.84. The number of para-hydroxylation sites is 1. The van der Waals surface area contributed by atoms with Crippen LogP contribution in [-0.2, 0) is 0 Å². The summed E-state index contributed by atoms with van der Waals surface area (Å²) in [5.74, 6) is 0.974. The van der Waals surface area contributed by atoms with Crippen molar-refractivity contribution in [3.8, 4) is 0 Å². The van der Waals surface area contributed by atoms with Crippen LogP contribution in [-0.4, -0.2) is 11.5 Å². The summed E-state index contributed by atoms with van der Waals surface area (Å²) < 4.78 is 0. The van der Waals surface area contributed by atoms with Crippen LogP contribution in [0, 0.1) is 0 Å². The molecule has 1 heterocycles. The van der Waals surface area contributed by atoms with Crippen LogP contribution in [0.5, 0.6) is 0 Å². The average Bonchev–Trinajstić information content (AvgIpc) is 2.49. The van der Waals surface area contributed by atoms with Crippen LogP contribution in [0.2, 0.25) is 0 Å². The molecule has 0 radical (unpaired) electrons. The minimum atomic E-state index is -0.0217. The van der Waals surface area contributed by atoms with Crippen molar-refractivity contribution in [1.82, 2.24) is 4.98 Å². The summed E-state index contributed by atoms with van der Waals surface area (Å²) in [6, 6.07) is 14.4. The largest absolute Gasteiger partial charge is 0.326 e.